The lowest BCUT2D eigenvalue weighted by molar-refractivity contribution is 0.301. The Morgan fingerprint density at radius 3 is 2.63 bits per heavy atom. The molecule has 0 amide bonds. The van der Waals surface area contributed by atoms with Gasteiger partial charge in [0.2, 0.25) is 0 Å². The summed E-state index contributed by atoms with van der Waals surface area (Å²) in [5, 5.41) is 9.06. The predicted molar refractivity (Wildman–Crippen MR) is 68.7 cm³/mol. The minimum Gasteiger partial charge on any atom is -0.395 e. The van der Waals surface area contributed by atoms with Gasteiger partial charge in [-0.05, 0) is 18.2 Å². The zero-order valence-electron chi connectivity index (χ0n) is 10.3. The fourth-order valence-electron chi connectivity index (χ4n) is 1.81. The van der Waals surface area contributed by atoms with Crippen LogP contribution in [0.2, 0.25) is 0 Å². The fraction of sp³-hybridized carbons (Fsp3) is 0.214. The van der Waals surface area contributed by atoms with E-state index in [4.69, 9.17) is 5.11 Å². The van der Waals surface area contributed by atoms with Crippen molar-refractivity contribution in [2.75, 3.05) is 18.1 Å². The molecule has 0 aliphatic heterocycles. The van der Waals surface area contributed by atoms with Gasteiger partial charge in [0.05, 0.1) is 6.61 Å². The fourth-order valence-corrected chi connectivity index (χ4v) is 1.81. The molecule has 0 aliphatic rings. The van der Waals surface area contributed by atoms with Gasteiger partial charge < -0.3 is 10.0 Å². The molecule has 100 valence electrons. The van der Waals surface area contributed by atoms with Crippen molar-refractivity contribution in [3.8, 4) is 0 Å². The van der Waals surface area contributed by atoms with Gasteiger partial charge in [0, 0.05) is 24.8 Å². The Kier molecular flexibility index (Phi) is 4.41. The molecule has 3 nitrogen and oxygen atoms in total. The first-order valence-corrected chi connectivity index (χ1v) is 5.92. The number of aliphatic hydroxyl groups is 1. The second kappa shape index (κ2) is 6.24. The summed E-state index contributed by atoms with van der Waals surface area (Å²) in [6, 6.07) is 9.38. The minimum absolute atomic E-state index is 0.0898. The van der Waals surface area contributed by atoms with Crippen molar-refractivity contribution >= 4 is 5.82 Å². The average molecular weight is 264 g/mol. The van der Waals surface area contributed by atoms with Gasteiger partial charge in [0.25, 0.3) is 0 Å². The molecule has 0 bridgehead atoms. The number of hydrogen-bond donors (Lipinski definition) is 1. The molecule has 0 unspecified atom stereocenters. The van der Waals surface area contributed by atoms with Gasteiger partial charge in [-0.25, -0.2) is 13.8 Å². The van der Waals surface area contributed by atoms with E-state index in [-0.39, 0.29) is 18.7 Å². The van der Waals surface area contributed by atoms with E-state index >= 15 is 0 Å². The van der Waals surface area contributed by atoms with Crippen molar-refractivity contribution in [2.45, 2.75) is 6.54 Å². The maximum absolute atomic E-state index is 13.6. The van der Waals surface area contributed by atoms with Crippen LogP contribution < -0.4 is 4.90 Å². The average Bonchev–Trinajstić information content (AvgIpc) is 2.44. The monoisotopic (exact) mass is 264 g/mol. The van der Waals surface area contributed by atoms with Gasteiger partial charge >= 0.3 is 0 Å². The highest BCUT2D eigenvalue weighted by atomic mass is 19.2. The SMILES string of the molecule is OCCN(Cc1cccc(F)c1F)c1ccccn1. The van der Waals surface area contributed by atoms with Crippen molar-refractivity contribution in [1.82, 2.24) is 4.98 Å². The zero-order valence-corrected chi connectivity index (χ0v) is 10.3. The lowest BCUT2D eigenvalue weighted by Gasteiger charge is -2.23. The Labute approximate surface area is 110 Å². The first-order chi connectivity index (χ1) is 9.22. The molecule has 0 aliphatic carbocycles. The maximum atomic E-state index is 13.6. The van der Waals surface area contributed by atoms with E-state index in [1.807, 2.05) is 0 Å². The second-order valence-corrected chi connectivity index (χ2v) is 4.05. The number of aromatic nitrogens is 1. The number of pyridine rings is 1. The van der Waals surface area contributed by atoms with E-state index in [1.54, 1.807) is 29.3 Å². The summed E-state index contributed by atoms with van der Waals surface area (Å²) in [6.45, 7) is 0.363. The molecule has 5 heteroatoms. The highest BCUT2D eigenvalue weighted by molar-refractivity contribution is 5.39. The summed E-state index contributed by atoms with van der Waals surface area (Å²) in [7, 11) is 0. The van der Waals surface area contributed by atoms with Gasteiger partial charge in [0.15, 0.2) is 11.6 Å². The predicted octanol–water partition coefficient (Wildman–Crippen LogP) is 2.36. The lowest BCUT2D eigenvalue weighted by atomic mass is 10.2. The van der Waals surface area contributed by atoms with Crippen LogP contribution in [0, 0.1) is 11.6 Å². The summed E-state index contributed by atoms with van der Waals surface area (Å²) >= 11 is 0. The number of hydrogen-bond acceptors (Lipinski definition) is 3. The van der Waals surface area contributed by atoms with E-state index < -0.39 is 11.6 Å². The summed E-state index contributed by atoms with van der Waals surface area (Å²) < 4.78 is 26.8. The summed E-state index contributed by atoms with van der Waals surface area (Å²) in [5.74, 6) is -1.12. The molecule has 0 radical (unpaired) electrons. The molecule has 1 heterocycles. The summed E-state index contributed by atoms with van der Waals surface area (Å²) in [4.78, 5) is 5.84. The molecular formula is C14H14F2N2O. The molecule has 0 fully saturated rings. The first kappa shape index (κ1) is 13.4. The number of halogens is 2. The van der Waals surface area contributed by atoms with Crippen LogP contribution in [0.25, 0.3) is 0 Å². The molecule has 0 atom stereocenters. The van der Waals surface area contributed by atoms with E-state index in [0.717, 1.165) is 6.07 Å². The maximum Gasteiger partial charge on any atom is 0.163 e. The third-order valence-electron chi connectivity index (χ3n) is 2.74. The summed E-state index contributed by atoms with van der Waals surface area (Å²) in [6.07, 6.45) is 1.61. The molecular weight excluding hydrogens is 250 g/mol. The third kappa shape index (κ3) is 3.26. The van der Waals surface area contributed by atoms with E-state index in [2.05, 4.69) is 4.98 Å². The zero-order chi connectivity index (χ0) is 13.7. The van der Waals surface area contributed by atoms with Gasteiger partial charge in [-0.3, -0.25) is 0 Å². The van der Waals surface area contributed by atoms with Crippen LogP contribution in [0.3, 0.4) is 0 Å². The van der Waals surface area contributed by atoms with Crippen LogP contribution in [0.1, 0.15) is 5.56 Å². The van der Waals surface area contributed by atoms with Gasteiger partial charge in [-0.2, -0.15) is 0 Å². The number of benzene rings is 1. The van der Waals surface area contributed by atoms with Crippen LogP contribution in [0.5, 0.6) is 0 Å². The van der Waals surface area contributed by atoms with Gasteiger partial charge in [-0.15, -0.1) is 0 Å². The Balaban J connectivity index is 2.24. The molecule has 1 N–H and O–H groups in total. The third-order valence-corrected chi connectivity index (χ3v) is 2.74. The Hall–Kier alpha value is -2.01. The van der Waals surface area contributed by atoms with Crippen molar-refractivity contribution in [1.29, 1.82) is 0 Å². The molecule has 0 saturated heterocycles. The summed E-state index contributed by atoms with van der Waals surface area (Å²) in [5.41, 5.74) is 0.235. The molecule has 1 aromatic heterocycles. The van der Waals surface area contributed by atoms with Crippen LogP contribution in [0.4, 0.5) is 14.6 Å². The number of rotatable bonds is 5. The Bertz CT molecular complexity index is 534. The largest absolute Gasteiger partial charge is 0.395 e. The van der Waals surface area contributed by atoms with Crippen molar-refractivity contribution in [2.24, 2.45) is 0 Å². The molecule has 19 heavy (non-hydrogen) atoms. The highest BCUT2D eigenvalue weighted by Gasteiger charge is 2.13. The molecule has 2 aromatic rings. The van der Waals surface area contributed by atoms with Crippen LogP contribution >= 0.6 is 0 Å². The Morgan fingerprint density at radius 2 is 1.95 bits per heavy atom. The molecule has 2 rings (SSSR count). The van der Waals surface area contributed by atoms with Crippen LogP contribution in [-0.2, 0) is 6.54 Å². The van der Waals surface area contributed by atoms with Crippen molar-refractivity contribution < 1.29 is 13.9 Å². The molecule has 1 aromatic carbocycles. The van der Waals surface area contributed by atoms with Gasteiger partial charge in [0.1, 0.15) is 5.82 Å². The molecule has 0 saturated carbocycles. The topological polar surface area (TPSA) is 36.4 Å². The lowest BCUT2D eigenvalue weighted by Crippen LogP contribution is -2.27. The van der Waals surface area contributed by atoms with Gasteiger partial charge in [-0.1, -0.05) is 18.2 Å². The first-order valence-electron chi connectivity index (χ1n) is 5.92. The quantitative estimate of drug-likeness (QED) is 0.900. The van der Waals surface area contributed by atoms with E-state index in [9.17, 15) is 8.78 Å². The highest BCUT2D eigenvalue weighted by Crippen LogP contribution is 2.17. The normalized spacial score (nSPS) is 10.5. The number of anilines is 1. The smallest absolute Gasteiger partial charge is 0.163 e. The number of nitrogens with zero attached hydrogens (tertiary/aromatic N) is 2. The second-order valence-electron chi connectivity index (χ2n) is 4.05. The van der Waals surface area contributed by atoms with Crippen LogP contribution in [-0.4, -0.2) is 23.2 Å². The Morgan fingerprint density at radius 1 is 1.11 bits per heavy atom. The van der Waals surface area contributed by atoms with Crippen LogP contribution in [0.15, 0.2) is 42.6 Å². The van der Waals surface area contributed by atoms with Crippen molar-refractivity contribution in [3.63, 3.8) is 0 Å². The van der Waals surface area contributed by atoms with E-state index in [0.29, 0.717) is 12.4 Å². The standard InChI is InChI=1S/C14H14F2N2O/c15-12-5-3-4-11(14(12)16)10-18(8-9-19)13-6-1-2-7-17-13/h1-7,19H,8-10H2. The number of aliphatic hydroxyl groups excluding tert-OH is 1. The van der Waals surface area contributed by atoms with Crippen molar-refractivity contribution in [3.05, 3.63) is 59.8 Å². The minimum atomic E-state index is -0.873. The van der Waals surface area contributed by atoms with E-state index in [1.165, 1.54) is 12.1 Å². The molecule has 0 spiro atoms.